The standard InChI is InChI=1S/C9H10N4O2S/c10-5-1-7(11-2-5)8(14)12-3-6-4-16-9(15)13-6/h1-2,4,11H,3,10H2,(H,12,14)(H,13,15). The van der Waals surface area contributed by atoms with E-state index in [4.69, 9.17) is 5.73 Å². The van der Waals surface area contributed by atoms with Crippen molar-refractivity contribution in [3.8, 4) is 0 Å². The molecular formula is C9H10N4O2S. The van der Waals surface area contributed by atoms with E-state index in [9.17, 15) is 9.59 Å². The minimum atomic E-state index is -0.260. The first-order valence-corrected chi connectivity index (χ1v) is 5.42. The fourth-order valence-electron chi connectivity index (χ4n) is 1.21. The highest BCUT2D eigenvalue weighted by molar-refractivity contribution is 7.07. The Kier molecular flexibility index (Phi) is 2.78. The number of rotatable bonds is 3. The van der Waals surface area contributed by atoms with E-state index in [1.165, 1.54) is 0 Å². The quantitative estimate of drug-likeness (QED) is 0.617. The lowest BCUT2D eigenvalue weighted by Crippen LogP contribution is -2.23. The lowest BCUT2D eigenvalue weighted by molar-refractivity contribution is 0.0946. The van der Waals surface area contributed by atoms with Crippen LogP contribution in [0.15, 0.2) is 22.4 Å². The van der Waals surface area contributed by atoms with Crippen LogP contribution in [0.1, 0.15) is 16.2 Å². The summed E-state index contributed by atoms with van der Waals surface area (Å²) in [5, 5.41) is 4.32. The zero-order chi connectivity index (χ0) is 11.5. The SMILES string of the molecule is Nc1c[nH]c(C(=O)NCc2csc(=O)[nH]2)c1. The summed E-state index contributed by atoms with van der Waals surface area (Å²) < 4.78 is 0. The van der Waals surface area contributed by atoms with Gasteiger partial charge in [-0.3, -0.25) is 9.59 Å². The molecule has 2 aromatic heterocycles. The molecule has 0 saturated heterocycles. The molecule has 6 nitrogen and oxygen atoms in total. The second-order valence-corrected chi connectivity index (χ2v) is 4.04. The Morgan fingerprint density at radius 2 is 2.38 bits per heavy atom. The number of amides is 1. The van der Waals surface area contributed by atoms with Crippen molar-refractivity contribution in [2.45, 2.75) is 6.54 Å². The molecule has 0 fully saturated rings. The van der Waals surface area contributed by atoms with Gasteiger partial charge in [-0.2, -0.15) is 0 Å². The number of aromatic nitrogens is 2. The fourth-order valence-corrected chi connectivity index (χ4v) is 1.80. The van der Waals surface area contributed by atoms with Gasteiger partial charge in [0.25, 0.3) is 5.91 Å². The van der Waals surface area contributed by atoms with Crippen molar-refractivity contribution in [2.75, 3.05) is 5.73 Å². The predicted molar refractivity (Wildman–Crippen MR) is 61.3 cm³/mol. The van der Waals surface area contributed by atoms with Crippen LogP contribution in [0.25, 0.3) is 0 Å². The molecule has 0 atom stereocenters. The van der Waals surface area contributed by atoms with Crippen molar-refractivity contribution in [1.82, 2.24) is 15.3 Å². The minimum absolute atomic E-state index is 0.131. The first-order chi connectivity index (χ1) is 7.65. The molecule has 0 unspecified atom stereocenters. The second-order valence-electron chi connectivity index (χ2n) is 3.20. The largest absolute Gasteiger partial charge is 0.397 e. The minimum Gasteiger partial charge on any atom is -0.397 e. The van der Waals surface area contributed by atoms with Crippen LogP contribution >= 0.6 is 11.3 Å². The monoisotopic (exact) mass is 238 g/mol. The molecule has 7 heteroatoms. The second kappa shape index (κ2) is 4.23. The van der Waals surface area contributed by atoms with Crippen LogP contribution in [0.2, 0.25) is 0 Å². The Morgan fingerprint density at radius 1 is 1.56 bits per heavy atom. The Balaban J connectivity index is 1.96. The molecule has 0 aliphatic carbocycles. The van der Waals surface area contributed by atoms with E-state index >= 15 is 0 Å². The summed E-state index contributed by atoms with van der Waals surface area (Å²) in [6.45, 7) is 0.288. The molecule has 0 saturated carbocycles. The molecule has 16 heavy (non-hydrogen) atoms. The third-order valence-corrected chi connectivity index (χ3v) is 2.68. The van der Waals surface area contributed by atoms with Gasteiger partial charge in [0.05, 0.1) is 6.54 Å². The lowest BCUT2D eigenvalue weighted by atomic mass is 10.4. The van der Waals surface area contributed by atoms with Gasteiger partial charge in [-0.05, 0) is 6.07 Å². The summed E-state index contributed by atoms with van der Waals surface area (Å²) in [5.74, 6) is -0.260. The summed E-state index contributed by atoms with van der Waals surface area (Å²) in [6, 6.07) is 1.55. The maximum absolute atomic E-state index is 11.6. The van der Waals surface area contributed by atoms with Gasteiger partial charge in [-0.15, -0.1) is 0 Å². The smallest absolute Gasteiger partial charge is 0.304 e. The van der Waals surface area contributed by atoms with Crippen LogP contribution in [0.5, 0.6) is 0 Å². The molecule has 0 aliphatic rings. The van der Waals surface area contributed by atoms with E-state index in [0.717, 1.165) is 11.3 Å². The highest BCUT2D eigenvalue weighted by Gasteiger charge is 2.07. The van der Waals surface area contributed by atoms with Gasteiger partial charge in [0, 0.05) is 23.0 Å². The number of thiazole rings is 1. The van der Waals surface area contributed by atoms with E-state index in [1.807, 2.05) is 0 Å². The molecule has 0 aliphatic heterocycles. The first-order valence-electron chi connectivity index (χ1n) is 4.54. The maximum Gasteiger partial charge on any atom is 0.304 e. The number of anilines is 1. The summed E-state index contributed by atoms with van der Waals surface area (Å²) in [7, 11) is 0. The lowest BCUT2D eigenvalue weighted by Gasteiger charge is -2.00. The van der Waals surface area contributed by atoms with Gasteiger partial charge in [0.15, 0.2) is 0 Å². The normalized spacial score (nSPS) is 10.2. The Hall–Kier alpha value is -2.02. The molecule has 2 heterocycles. The highest BCUT2D eigenvalue weighted by atomic mass is 32.1. The van der Waals surface area contributed by atoms with Crippen LogP contribution in [0, 0.1) is 0 Å². The number of aromatic amines is 2. The fraction of sp³-hybridized carbons (Fsp3) is 0.111. The number of H-pyrrole nitrogens is 2. The average molecular weight is 238 g/mol. The third-order valence-electron chi connectivity index (χ3n) is 1.96. The molecule has 2 aromatic rings. The van der Waals surface area contributed by atoms with Gasteiger partial charge in [0.2, 0.25) is 0 Å². The predicted octanol–water partition coefficient (Wildman–Crippen LogP) is 0.277. The number of hydrogen-bond donors (Lipinski definition) is 4. The molecule has 0 aromatic carbocycles. The van der Waals surface area contributed by atoms with Crippen LogP contribution in [0.4, 0.5) is 5.69 Å². The van der Waals surface area contributed by atoms with Gasteiger partial charge >= 0.3 is 4.87 Å². The van der Waals surface area contributed by atoms with Gasteiger partial charge in [-0.1, -0.05) is 11.3 Å². The van der Waals surface area contributed by atoms with Crippen LogP contribution < -0.4 is 15.9 Å². The number of nitrogens with two attached hydrogens (primary N) is 1. The van der Waals surface area contributed by atoms with Gasteiger partial charge < -0.3 is 21.0 Å². The molecule has 1 amide bonds. The van der Waals surface area contributed by atoms with Gasteiger partial charge in [-0.25, -0.2) is 0 Å². The number of nitrogen functional groups attached to an aromatic ring is 1. The Morgan fingerprint density at radius 3 is 2.94 bits per heavy atom. The number of carbonyl (C=O) groups excluding carboxylic acids is 1. The van der Waals surface area contributed by atoms with Gasteiger partial charge in [0.1, 0.15) is 5.69 Å². The summed E-state index contributed by atoms with van der Waals surface area (Å²) in [6.07, 6.45) is 1.54. The summed E-state index contributed by atoms with van der Waals surface area (Å²) in [5.41, 5.74) is 7.06. The van der Waals surface area contributed by atoms with Crippen molar-refractivity contribution in [3.63, 3.8) is 0 Å². The summed E-state index contributed by atoms with van der Waals surface area (Å²) in [4.78, 5) is 27.6. The zero-order valence-corrected chi connectivity index (χ0v) is 9.06. The van der Waals surface area contributed by atoms with E-state index < -0.39 is 0 Å². The van der Waals surface area contributed by atoms with Crippen molar-refractivity contribution in [1.29, 1.82) is 0 Å². The van der Waals surface area contributed by atoms with Crippen LogP contribution in [-0.2, 0) is 6.54 Å². The molecule has 0 spiro atoms. The molecule has 0 radical (unpaired) electrons. The van der Waals surface area contributed by atoms with E-state index in [2.05, 4.69) is 15.3 Å². The molecule has 84 valence electrons. The van der Waals surface area contributed by atoms with Crippen molar-refractivity contribution in [3.05, 3.63) is 38.7 Å². The van der Waals surface area contributed by atoms with E-state index in [1.54, 1.807) is 17.6 Å². The third kappa shape index (κ3) is 2.31. The number of carbonyl (C=O) groups is 1. The molecule has 5 N–H and O–H groups in total. The topological polar surface area (TPSA) is 104 Å². The van der Waals surface area contributed by atoms with Crippen LogP contribution in [0.3, 0.4) is 0 Å². The number of hydrogen-bond acceptors (Lipinski definition) is 4. The molecular weight excluding hydrogens is 228 g/mol. The molecule has 0 bridgehead atoms. The zero-order valence-electron chi connectivity index (χ0n) is 8.24. The van der Waals surface area contributed by atoms with Crippen LogP contribution in [-0.4, -0.2) is 15.9 Å². The van der Waals surface area contributed by atoms with E-state index in [-0.39, 0.29) is 17.3 Å². The Bertz CT molecular complexity index is 554. The molecule has 2 rings (SSSR count). The Labute approximate surface area is 94.5 Å². The van der Waals surface area contributed by atoms with Crippen molar-refractivity contribution >= 4 is 22.9 Å². The van der Waals surface area contributed by atoms with Crippen molar-refractivity contribution in [2.24, 2.45) is 0 Å². The maximum atomic E-state index is 11.6. The highest BCUT2D eigenvalue weighted by Crippen LogP contribution is 2.04. The number of nitrogens with one attached hydrogen (secondary N) is 3. The van der Waals surface area contributed by atoms with E-state index in [0.29, 0.717) is 17.1 Å². The first kappa shape index (κ1) is 10.5. The average Bonchev–Trinajstić information content (AvgIpc) is 2.84. The van der Waals surface area contributed by atoms with Crippen molar-refractivity contribution < 1.29 is 4.79 Å². The summed E-state index contributed by atoms with van der Waals surface area (Å²) >= 11 is 1.07.